The van der Waals surface area contributed by atoms with Crippen molar-refractivity contribution in [2.45, 2.75) is 20.4 Å². The Morgan fingerprint density at radius 3 is 2.37 bits per heavy atom. The van der Waals surface area contributed by atoms with Crippen LogP contribution in [0.1, 0.15) is 21.5 Å². The van der Waals surface area contributed by atoms with E-state index in [1.54, 1.807) is 35.9 Å². The Morgan fingerprint density at radius 1 is 1.07 bits per heavy atom. The van der Waals surface area contributed by atoms with E-state index in [0.29, 0.717) is 16.1 Å². The van der Waals surface area contributed by atoms with Crippen molar-refractivity contribution in [1.29, 1.82) is 0 Å². The van der Waals surface area contributed by atoms with Crippen LogP contribution in [-0.2, 0) is 16.1 Å². The Morgan fingerprint density at radius 2 is 1.74 bits per heavy atom. The van der Waals surface area contributed by atoms with Crippen LogP contribution >= 0.6 is 11.3 Å². The van der Waals surface area contributed by atoms with E-state index < -0.39 is 5.97 Å². The smallest absolute Gasteiger partial charge is 0.325 e. The number of ether oxygens (including phenoxy) is 2. The van der Waals surface area contributed by atoms with E-state index >= 15 is 0 Å². The number of hydrogen-bond acceptors (Lipinski definition) is 5. The van der Waals surface area contributed by atoms with Crippen molar-refractivity contribution in [3.63, 3.8) is 0 Å². The van der Waals surface area contributed by atoms with E-state index in [1.165, 1.54) is 18.4 Å². The fourth-order valence-corrected chi connectivity index (χ4v) is 3.75. The van der Waals surface area contributed by atoms with E-state index in [2.05, 4.69) is 4.99 Å². The molecule has 0 aliphatic heterocycles. The molecule has 2 aromatic carbocycles. The number of methoxy groups -OCH3 is 2. The number of hydrogen-bond donors (Lipinski definition) is 0. The molecule has 0 aliphatic carbocycles. The third-order valence-corrected chi connectivity index (χ3v) is 5.39. The molecule has 3 aromatic rings. The quantitative estimate of drug-likeness (QED) is 0.648. The van der Waals surface area contributed by atoms with Crippen LogP contribution in [0.2, 0.25) is 0 Å². The first kappa shape index (κ1) is 18.8. The van der Waals surface area contributed by atoms with Crippen LogP contribution in [0, 0.1) is 13.8 Å². The van der Waals surface area contributed by atoms with Crippen molar-refractivity contribution in [2.75, 3.05) is 14.2 Å². The molecule has 1 heterocycles. The summed E-state index contributed by atoms with van der Waals surface area (Å²) in [6.45, 7) is 4.03. The first-order chi connectivity index (χ1) is 12.9. The average Bonchev–Trinajstić information content (AvgIpc) is 2.98. The summed E-state index contributed by atoms with van der Waals surface area (Å²) in [4.78, 5) is 29.2. The Hall–Kier alpha value is -2.93. The molecule has 7 heteroatoms. The zero-order chi connectivity index (χ0) is 19.6. The second kappa shape index (κ2) is 7.75. The Labute approximate surface area is 160 Å². The zero-order valence-electron chi connectivity index (χ0n) is 15.6. The second-order valence-corrected chi connectivity index (χ2v) is 7.11. The molecule has 3 rings (SSSR count). The molecule has 0 aliphatic rings. The number of benzene rings is 2. The topological polar surface area (TPSA) is 69.9 Å². The highest BCUT2D eigenvalue weighted by molar-refractivity contribution is 7.16. The number of thiazole rings is 1. The van der Waals surface area contributed by atoms with Crippen molar-refractivity contribution < 1.29 is 19.1 Å². The highest BCUT2D eigenvalue weighted by Gasteiger charge is 2.13. The minimum absolute atomic E-state index is 0.00622. The lowest BCUT2D eigenvalue weighted by Gasteiger charge is -2.05. The molecule has 140 valence electrons. The molecule has 1 aromatic heterocycles. The Bertz CT molecular complexity index is 1080. The highest BCUT2D eigenvalue weighted by atomic mass is 32.1. The summed E-state index contributed by atoms with van der Waals surface area (Å²) in [5, 5.41) is 0. The summed E-state index contributed by atoms with van der Waals surface area (Å²) in [5.74, 6) is -0.109. The lowest BCUT2D eigenvalue weighted by molar-refractivity contribution is -0.141. The molecule has 0 unspecified atom stereocenters. The predicted octanol–water partition coefficient (Wildman–Crippen LogP) is 3.24. The number of aromatic nitrogens is 1. The third kappa shape index (κ3) is 3.93. The monoisotopic (exact) mass is 384 g/mol. The number of amides is 1. The van der Waals surface area contributed by atoms with Gasteiger partial charge in [-0.3, -0.25) is 9.59 Å². The van der Waals surface area contributed by atoms with Gasteiger partial charge in [0, 0.05) is 5.56 Å². The summed E-state index contributed by atoms with van der Waals surface area (Å²) >= 11 is 1.37. The maximum Gasteiger partial charge on any atom is 0.325 e. The zero-order valence-corrected chi connectivity index (χ0v) is 16.4. The minimum Gasteiger partial charge on any atom is -0.497 e. The van der Waals surface area contributed by atoms with E-state index in [9.17, 15) is 9.59 Å². The van der Waals surface area contributed by atoms with E-state index in [0.717, 1.165) is 21.3 Å². The molecule has 0 radical (unpaired) electrons. The van der Waals surface area contributed by atoms with Crippen LogP contribution in [-0.4, -0.2) is 30.7 Å². The number of carbonyl (C=O) groups is 2. The molecule has 27 heavy (non-hydrogen) atoms. The Balaban J connectivity index is 2.12. The summed E-state index contributed by atoms with van der Waals surface area (Å²) < 4.78 is 12.6. The van der Waals surface area contributed by atoms with Gasteiger partial charge in [0.05, 0.1) is 24.4 Å². The fraction of sp³-hybridized carbons (Fsp3) is 0.250. The van der Waals surface area contributed by atoms with Gasteiger partial charge in [-0.1, -0.05) is 11.3 Å². The van der Waals surface area contributed by atoms with Gasteiger partial charge in [-0.05, 0) is 61.4 Å². The molecule has 0 fully saturated rings. The van der Waals surface area contributed by atoms with E-state index in [4.69, 9.17) is 9.47 Å². The molecule has 0 N–H and O–H groups in total. The number of rotatable bonds is 4. The molecule has 1 amide bonds. The minimum atomic E-state index is -0.397. The van der Waals surface area contributed by atoms with Crippen molar-refractivity contribution in [1.82, 2.24) is 4.57 Å². The maximum absolute atomic E-state index is 12.6. The molecule has 0 spiro atoms. The number of esters is 1. The molecule has 6 nitrogen and oxygen atoms in total. The standard InChI is InChI=1S/C20H20N2O4S/c1-12-9-16-17(10-13(12)2)27-20(22(16)11-18(23)26-4)21-19(24)14-5-7-15(25-3)8-6-14/h5-10H,11H2,1-4H3. The fourth-order valence-electron chi connectivity index (χ4n) is 2.64. The largest absolute Gasteiger partial charge is 0.497 e. The molecular weight excluding hydrogens is 364 g/mol. The summed E-state index contributed by atoms with van der Waals surface area (Å²) in [7, 11) is 2.91. The first-order valence-corrected chi connectivity index (χ1v) is 9.15. The van der Waals surface area contributed by atoms with Gasteiger partial charge in [0.15, 0.2) is 4.80 Å². The van der Waals surface area contributed by atoms with Gasteiger partial charge in [0.2, 0.25) is 0 Å². The van der Waals surface area contributed by atoms with Gasteiger partial charge < -0.3 is 14.0 Å². The average molecular weight is 384 g/mol. The molecule has 0 atom stereocenters. The van der Waals surface area contributed by atoms with Gasteiger partial charge in [-0.2, -0.15) is 4.99 Å². The van der Waals surface area contributed by atoms with Crippen LogP contribution < -0.4 is 9.54 Å². The van der Waals surface area contributed by atoms with E-state index in [1.807, 2.05) is 26.0 Å². The van der Waals surface area contributed by atoms with Gasteiger partial charge in [0.1, 0.15) is 12.3 Å². The number of carbonyl (C=O) groups excluding carboxylic acids is 2. The van der Waals surface area contributed by atoms with Crippen molar-refractivity contribution in [2.24, 2.45) is 4.99 Å². The van der Waals surface area contributed by atoms with Crippen molar-refractivity contribution in [3.05, 3.63) is 57.9 Å². The molecule has 0 saturated heterocycles. The lowest BCUT2D eigenvalue weighted by atomic mass is 10.1. The lowest BCUT2D eigenvalue weighted by Crippen LogP contribution is -2.22. The van der Waals surface area contributed by atoms with Crippen LogP contribution in [0.15, 0.2) is 41.4 Å². The van der Waals surface area contributed by atoms with Gasteiger partial charge in [0.25, 0.3) is 5.91 Å². The van der Waals surface area contributed by atoms with Gasteiger partial charge >= 0.3 is 5.97 Å². The highest BCUT2D eigenvalue weighted by Crippen LogP contribution is 2.22. The molecule has 0 saturated carbocycles. The number of fused-ring (bicyclic) bond motifs is 1. The maximum atomic E-state index is 12.6. The molecular formula is C20H20N2O4S. The second-order valence-electron chi connectivity index (χ2n) is 6.10. The first-order valence-electron chi connectivity index (χ1n) is 8.33. The summed E-state index contributed by atoms with van der Waals surface area (Å²) in [6, 6.07) is 10.8. The van der Waals surface area contributed by atoms with Crippen LogP contribution in [0.4, 0.5) is 0 Å². The number of aryl methyl sites for hydroxylation is 2. The third-order valence-electron chi connectivity index (χ3n) is 4.35. The summed E-state index contributed by atoms with van der Waals surface area (Å²) in [5.41, 5.74) is 3.55. The predicted molar refractivity (Wildman–Crippen MR) is 104 cm³/mol. The van der Waals surface area contributed by atoms with Crippen LogP contribution in [0.25, 0.3) is 10.2 Å². The van der Waals surface area contributed by atoms with Gasteiger partial charge in [-0.15, -0.1) is 0 Å². The van der Waals surface area contributed by atoms with E-state index in [-0.39, 0.29) is 12.5 Å². The van der Waals surface area contributed by atoms with Gasteiger partial charge in [-0.25, -0.2) is 0 Å². The van der Waals surface area contributed by atoms with Crippen LogP contribution in [0.5, 0.6) is 5.75 Å². The number of nitrogens with zero attached hydrogens (tertiary/aromatic N) is 2. The molecule has 0 bridgehead atoms. The normalized spacial score (nSPS) is 11.6. The van der Waals surface area contributed by atoms with Crippen LogP contribution in [0.3, 0.4) is 0 Å². The Kier molecular flexibility index (Phi) is 5.41. The SMILES string of the molecule is COC(=O)Cn1c(=NC(=O)c2ccc(OC)cc2)sc2cc(C)c(C)cc21. The van der Waals surface area contributed by atoms with Crippen molar-refractivity contribution >= 4 is 33.4 Å². The van der Waals surface area contributed by atoms with Crippen molar-refractivity contribution in [3.8, 4) is 5.75 Å². The summed E-state index contributed by atoms with van der Waals surface area (Å²) in [6.07, 6.45) is 0.